The van der Waals surface area contributed by atoms with E-state index in [9.17, 15) is 4.79 Å². The topological polar surface area (TPSA) is 51.2 Å². The molecular weight excluding hydrogens is 332 g/mol. The molecule has 0 bridgehead atoms. The van der Waals surface area contributed by atoms with Crippen LogP contribution in [0.25, 0.3) is 0 Å². The fourth-order valence-electron chi connectivity index (χ4n) is 2.98. The highest BCUT2D eigenvalue weighted by Crippen LogP contribution is 2.44. The number of para-hydroxylation sites is 2. The van der Waals surface area contributed by atoms with Gasteiger partial charge in [-0.2, -0.15) is 0 Å². The Morgan fingerprint density at radius 2 is 1.68 bits per heavy atom. The molecule has 0 saturated heterocycles. The van der Waals surface area contributed by atoms with E-state index < -0.39 is 5.92 Å². The number of rotatable bonds is 3. The first-order chi connectivity index (χ1) is 12.1. The van der Waals surface area contributed by atoms with Gasteiger partial charge in [-0.3, -0.25) is 4.79 Å². The average Bonchev–Trinajstić information content (AvgIpc) is 3.08. The quantitative estimate of drug-likeness (QED) is 0.711. The predicted molar refractivity (Wildman–Crippen MR) is 99.6 cm³/mol. The summed E-state index contributed by atoms with van der Waals surface area (Å²) in [7, 11) is 0. The molecule has 4 rings (SSSR count). The first-order valence-electron chi connectivity index (χ1n) is 8.25. The van der Waals surface area contributed by atoms with Crippen LogP contribution in [0, 0.1) is 0 Å². The molecule has 0 radical (unpaired) electrons. The molecule has 1 aromatic heterocycles. The molecule has 3 aromatic rings. The number of fused-ring (bicyclic) bond motifs is 2. The summed E-state index contributed by atoms with van der Waals surface area (Å²) < 4.78 is 5.95. The number of amides is 1. The van der Waals surface area contributed by atoms with Gasteiger partial charge in [0.1, 0.15) is 11.5 Å². The Hall–Kier alpha value is -2.66. The standard InChI is InChI=1S/C20H18N2O2S/c1-12(2)15-11-25-20(21-15)22-19(23)18-13-7-3-5-9-16(13)24-17-10-6-4-8-14(17)18/h3-12,18H,1-2H3,(H,21,22,23). The normalized spacial score (nSPS) is 13.1. The molecule has 1 aliphatic heterocycles. The highest BCUT2D eigenvalue weighted by atomic mass is 32.1. The fourth-order valence-corrected chi connectivity index (χ4v) is 3.85. The number of nitrogens with zero attached hydrogens (tertiary/aromatic N) is 1. The second-order valence-electron chi connectivity index (χ2n) is 6.33. The molecule has 0 atom stereocenters. The van der Waals surface area contributed by atoms with Gasteiger partial charge in [0, 0.05) is 16.5 Å². The number of carbonyl (C=O) groups excluding carboxylic acids is 1. The van der Waals surface area contributed by atoms with Crippen LogP contribution in [0.3, 0.4) is 0 Å². The van der Waals surface area contributed by atoms with E-state index in [-0.39, 0.29) is 5.91 Å². The highest BCUT2D eigenvalue weighted by molar-refractivity contribution is 7.13. The summed E-state index contributed by atoms with van der Waals surface area (Å²) in [6.07, 6.45) is 0. The molecule has 0 unspecified atom stereocenters. The first-order valence-corrected chi connectivity index (χ1v) is 9.13. The second kappa shape index (κ2) is 6.33. The van der Waals surface area contributed by atoms with Crippen molar-refractivity contribution in [3.63, 3.8) is 0 Å². The van der Waals surface area contributed by atoms with E-state index in [0.717, 1.165) is 28.3 Å². The van der Waals surface area contributed by atoms with Crippen molar-refractivity contribution in [1.29, 1.82) is 0 Å². The van der Waals surface area contributed by atoms with Crippen LogP contribution in [0.5, 0.6) is 11.5 Å². The van der Waals surface area contributed by atoms with Crippen molar-refractivity contribution in [2.75, 3.05) is 5.32 Å². The molecule has 0 saturated carbocycles. The molecule has 1 aliphatic rings. The van der Waals surface area contributed by atoms with Crippen LogP contribution in [0.2, 0.25) is 0 Å². The molecule has 126 valence electrons. The van der Waals surface area contributed by atoms with E-state index in [1.54, 1.807) is 0 Å². The van der Waals surface area contributed by atoms with E-state index in [1.165, 1.54) is 11.3 Å². The van der Waals surface area contributed by atoms with Gasteiger partial charge in [0.15, 0.2) is 5.13 Å². The molecule has 2 heterocycles. The average molecular weight is 350 g/mol. The van der Waals surface area contributed by atoms with Crippen molar-refractivity contribution in [3.05, 3.63) is 70.7 Å². The van der Waals surface area contributed by atoms with Gasteiger partial charge in [-0.1, -0.05) is 50.2 Å². The Balaban J connectivity index is 1.70. The molecule has 25 heavy (non-hydrogen) atoms. The third-order valence-corrected chi connectivity index (χ3v) is 5.06. The van der Waals surface area contributed by atoms with Crippen LogP contribution in [0.1, 0.15) is 42.5 Å². The summed E-state index contributed by atoms with van der Waals surface area (Å²) in [6, 6.07) is 15.4. The van der Waals surface area contributed by atoms with Crippen molar-refractivity contribution < 1.29 is 9.53 Å². The van der Waals surface area contributed by atoms with E-state index in [0.29, 0.717) is 11.0 Å². The number of hydrogen-bond acceptors (Lipinski definition) is 4. The molecule has 5 heteroatoms. The van der Waals surface area contributed by atoms with Crippen molar-refractivity contribution >= 4 is 22.4 Å². The maximum absolute atomic E-state index is 13.1. The third kappa shape index (κ3) is 2.91. The number of thiazole rings is 1. The summed E-state index contributed by atoms with van der Waals surface area (Å²) in [5, 5.41) is 5.61. The summed E-state index contributed by atoms with van der Waals surface area (Å²) in [4.78, 5) is 17.6. The van der Waals surface area contributed by atoms with Crippen LogP contribution >= 0.6 is 11.3 Å². The lowest BCUT2D eigenvalue weighted by molar-refractivity contribution is -0.116. The van der Waals surface area contributed by atoms with Crippen LogP contribution < -0.4 is 10.1 Å². The monoisotopic (exact) mass is 350 g/mol. The highest BCUT2D eigenvalue weighted by Gasteiger charge is 2.32. The molecule has 0 aliphatic carbocycles. The van der Waals surface area contributed by atoms with Crippen molar-refractivity contribution in [1.82, 2.24) is 4.98 Å². The van der Waals surface area contributed by atoms with Crippen LogP contribution in [0.4, 0.5) is 5.13 Å². The van der Waals surface area contributed by atoms with Crippen molar-refractivity contribution in [3.8, 4) is 11.5 Å². The second-order valence-corrected chi connectivity index (χ2v) is 7.19. The minimum absolute atomic E-state index is 0.0899. The van der Waals surface area contributed by atoms with Crippen molar-refractivity contribution in [2.24, 2.45) is 0 Å². The van der Waals surface area contributed by atoms with Gasteiger partial charge in [0.2, 0.25) is 5.91 Å². The van der Waals surface area contributed by atoms with Gasteiger partial charge in [-0.05, 0) is 18.1 Å². The zero-order valence-electron chi connectivity index (χ0n) is 14.0. The Labute approximate surface area is 150 Å². The number of ether oxygens (including phenoxy) is 1. The van der Waals surface area contributed by atoms with Gasteiger partial charge < -0.3 is 10.1 Å². The van der Waals surface area contributed by atoms with Gasteiger partial charge in [0.05, 0.1) is 11.6 Å². The molecule has 0 spiro atoms. The number of aromatic nitrogens is 1. The number of hydrogen-bond donors (Lipinski definition) is 1. The molecule has 1 amide bonds. The first kappa shape index (κ1) is 15.8. The Kier molecular flexibility index (Phi) is 4.01. The molecule has 2 aromatic carbocycles. The molecular formula is C20H18N2O2S. The minimum atomic E-state index is -0.410. The summed E-state index contributed by atoms with van der Waals surface area (Å²) >= 11 is 1.46. The van der Waals surface area contributed by atoms with E-state index in [1.807, 2.05) is 53.9 Å². The number of nitrogens with one attached hydrogen (secondary N) is 1. The Morgan fingerprint density at radius 3 is 2.24 bits per heavy atom. The SMILES string of the molecule is CC(C)c1csc(NC(=O)C2c3ccccc3Oc3ccccc32)n1. The molecule has 0 fully saturated rings. The zero-order chi connectivity index (χ0) is 17.4. The fraction of sp³-hybridized carbons (Fsp3) is 0.200. The van der Waals surface area contributed by atoms with E-state index >= 15 is 0 Å². The Bertz CT molecular complexity index is 887. The van der Waals surface area contributed by atoms with E-state index in [4.69, 9.17) is 4.74 Å². The van der Waals surface area contributed by atoms with Gasteiger partial charge in [-0.15, -0.1) is 11.3 Å². The predicted octanol–water partition coefficient (Wildman–Crippen LogP) is 5.14. The lowest BCUT2D eigenvalue weighted by Gasteiger charge is -2.27. The number of benzene rings is 2. The van der Waals surface area contributed by atoms with E-state index in [2.05, 4.69) is 24.1 Å². The molecule has 1 N–H and O–H groups in total. The van der Waals surface area contributed by atoms with Crippen molar-refractivity contribution in [2.45, 2.75) is 25.7 Å². The number of anilines is 1. The zero-order valence-corrected chi connectivity index (χ0v) is 14.8. The lowest BCUT2D eigenvalue weighted by atomic mass is 9.87. The van der Waals surface area contributed by atoms with Gasteiger partial charge >= 0.3 is 0 Å². The maximum atomic E-state index is 13.1. The minimum Gasteiger partial charge on any atom is -0.457 e. The summed E-state index contributed by atoms with van der Waals surface area (Å²) in [6.45, 7) is 4.18. The van der Waals surface area contributed by atoms with Crippen LogP contribution in [-0.4, -0.2) is 10.9 Å². The maximum Gasteiger partial charge on any atom is 0.238 e. The van der Waals surface area contributed by atoms with Gasteiger partial charge in [-0.25, -0.2) is 4.98 Å². The largest absolute Gasteiger partial charge is 0.457 e. The third-order valence-electron chi connectivity index (χ3n) is 4.29. The molecule has 4 nitrogen and oxygen atoms in total. The van der Waals surface area contributed by atoms with Gasteiger partial charge in [0.25, 0.3) is 0 Å². The Morgan fingerprint density at radius 1 is 1.08 bits per heavy atom. The van der Waals surface area contributed by atoms with Crippen LogP contribution in [-0.2, 0) is 4.79 Å². The van der Waals surface area contributed by atoms with Crippen LogP contribution in [0.15, 0.2) is 53.9 Å². The summed E-state index contributed by atoms with van der Waals surface area (Å²) in [5.74, 6) is 1.29. The summed E-state index contributed by atoms with van der Waals surface area (Å²) in [5.41, 5.74) is 2.74. The number of carbonyl (C=O) groups is 1. The lowest BCUT2D eigenvalue weighted by Crippen LogP contribution is -2.25. The smallest absolute Gasteiger partial charge is 0.238 e.